The Balaban J connectivity index is 2.56. The van der Waals surface area contributed by atoms with Gasteiger partial charge in [-0.3, -0.25) is 4.79 Å². The maximum Gasteiger partial charge on any atom is 0.256 e. The lowest BCUT2D eigenvalue weighted by molar-refractivity contribution is 0.412. The molecule has 0 saturated carbocycles. The second-order valence-electron chi connectivity index (χ2n) is 3.77. The van der Waals surface area contributed by atoms with E-state index in [2.05, 4.69) is 25.9 Å². The van der Waals surface area contributed by atoms with Crippen LogP contribution in [0.4, 0.5) is 5.82 Å². The first-order valence-electron chi connectivity index (χ1n) is 5.23. The normalized spacial score (nSPS) is 10.4. The van der Waals surface area contributed by atoms with Crippen LogP contribution < -0.4 is 16.0 Å². The summed E-state index contributed by atoms with van der Waals surface area (Å²) in [7, 11) is 1.59. The maximum atomic E-state index is 11.6. The first kappa shape index (κ1) is 12.6. The maximum absolute atomic E-state index is 11.6. The predicted molar refractivity (Wildman–Crippen MR) is 73.7 cm³/mol. The van der Waals surface area contributed by atoms with Gasteiger partial charge in [0.15, 0.2) is 0 Å². The Morgan fingerprint density at radius 2 is 2.17 bits per heavy atom. The van der Waals surface area contributed by atoms with Crippen molar-refractivity contribution in [2.45, 2.75) is 6.92 Å². The van der Waals surface area contributed by atoms with Gasteiger partial charge in [-0.15, -0.1) is 0 Å². The number of aromatic amines is 1. The lowest BCUT2D eigenvalue weighted by Gasteiger charge is -2.07. The highest BCUT2D eigenvalue weighted by atomic mass is 79.9. The molecule has 0 radical (unpaired) electrons. The Morgan fingerprint density at radius 3 is 2.72 bits per heavy atom. The molecule has 0 amide bonds. The third-order valence-corrected chi connectivity index (χ3v) is 3.23. The minimum Gasteiger partial charge on any atom is -0.496 e. The first-order chi connectivity index (χ1) is 8.52. The van der Waals surface area contributed by atoms with Crippen LogP contribution in [0.3, 0.4) is 0 Å². The number of hydrogen-bond donors (Lipinski definition) is 2. The summed E-state index contributed by atoms with van der Waals surface area (Å²) in [4.78, 5) is 18.5. The van der Waals surface area contributed by atoms with Crippen LogP contribution >= 0.6 is 15.9 Å². The van der Waals surface area contributed by atoms with E-state index in [0.717, 1.165) is 10.0 Å². The number of nitrogens with one attached hydrogen (secondary N) is 1. The van der Waals surface area contributed by atoms with Crippen molar-refractivity contribution in [3.8, 4) is 17.1 Å². The highest BCUT2D eigenvalue weighted by Crippen LogP contribution is 2.29. The monoisotopic (exact) mass is 309 g/mol. The van der Waals surface area contributed by atoms with Crippen LogP contribution in [0.15, 0.2) is 27.5 Å². The molecule has 1 aromatic heterocycles. The molecule has 2 aromatic rings. The van der Waals surface area contributed by atoms with Gasteiger partial charge < -0.3 is 15.5 Å². The van der Waals surface area contributed by atoms with Gasteiger partial charge in [0, 0.05) is 5.56 Å². The number of aromatic nitrogens is 2. The van der Waals surface area contributed by atoms with Crippen molar-refractivity contribution in [1.82, 2.24) is 9.97 Å². The van der Waals surface area contributed by atoms with Crippen LogP contribution in [0, 0.1) is 6.92 Å². The number of nitrogens with zero attached hydrogens (tertiary/aromatic N) is 1. The van der Waals surface area contributed by atoms with E-state index in [1.165, 1.54) is 0 Å². The van der Waals surface area contributed by atoms with Gasteiger partial charge in [0.1, 0.15) is 17.4 Å². The highest BCUT2D eigenvalue weighted by molar-refractivity contribution is 9.10. The lowest BCUT2D eigenvalue weighted by atomic mass is 10.2. The second-order valence-corrected chi connectivity index (χ2v) is 4.63. The minimum atomic E-state index is -0.232. The van der Waals surface area contributed by atoms with E-state index in [-0.39, 0.29) is 11.4 Å². The van der Waals surface area contributed by atoms with Gasteiger partial charge in [0.25, 0.3) is 5.56 Å². The Bertz CT molecular complexity index is 652. The van der Waals surface area contributed by atoms with Crippen molar-refractivity contribution in [3.63, 3.8) is 0 Å². The van der Waals surface area contributed by atoms with E-state index in [1.807, 2.05) is 6.07 Å². The largest absolute Gasteiger partial charge is 0.496 e. The predicted octanol–water partition coefficient (Wildman–Crippen LogP) is 2.10. The van der Waals surface area contributed by atoms with Gasteiger partial charge in [-0.25, -0.2) is 4.98 Å². The fraction of sp³-hybridized carbons (Fsp3) is 0.167. The van der Waals surface area contributed by atoms with Crippen molar-refractivity contribution >= 4 is 21.7 Å². The molecule has 0 fully saturated rings. The fourth-order valence-electron chi connectivity index (χ4n) is 1.50. The molecule has 0 aliphatic rings. The second kappa shape index (κ2) is 4.81. The van der Waals surface area contributed by atoms with E-state index in [4.69, 9.17) is 10.5 Å². The van der Waals surface area contributed by atoms with Gasteiger partial charge in [-0.1, -0.05) is 0 Å². The summed E-state index contributed by atoms with van der Waals surface area (Å²) in [5.41, 5.74) is 6.63. The standard InChI is InChI=1S/C12H12BrN3O2/c1-6-10(14)15-11(16-12(6)17)7-3-4-9(18-2)8(13)5-7/h3-5H,1-2H3,(H3,14,15,16,17). The molecule has 94 valence electrons. The molecule has 18 heavy (non-hydrogen) atoms. The van der Waals surface area contributed by atoms with Gasteiger partial charge in [0.05, 0.1) is 17.1 Å². The molecule has 0 spiro atoms. The third-order valence-electron chi connectivity index (χ3n) is 2.61. The average molecular weight is 310 g/mol. The molecule has 0 bridgehead atoms. The number of anilines is 1. The average Bonchev–Trinajstić information content (AvgIpc) is 2.35. The molecule has 0 aliphatic heterocycles. The number of rotatable bonds is 2. The molecule has 0 aliphatic carbocycles. The van der Waals surface area contributed by atoms with Crippen LogP contribution in [0.5, 0.6) is 5.75 Å². The zero-order valence-corrected chi connectivity index (χ0v) is 11.5. The van der Waals surface area contributed by atoms with Gasteiger partial charge in [0.2, 0.25) is 0 Å². The number of ether oxygens (including phenoxy) is 1. The number of nitrogens with two attached hydrogens (primary N) is 1. The summed E-state index contributed by atoms with van der Waals surface area (Å²) in [5.74, 6) is 1.38. The summed E-state index contributed by atoms with van der Waals surface area (Å²) < 4.78 is 5.92. The minimum absolute atomic E-state index is 0.232. The molecule has 0 saturated heterocycles. The number of hydrogen-bond acceptors (Lipinski definition) is 4. The smallest absolute Gasteiger partial charge is 0.256 e. The summed E-state index contributed by atoms with van der Waals surface area (Å²) in [6.45, 7) is 1.63. The molecule has 0 unspecified atom stereocenters. The zero-order chi connectivity index (χ0) is 13.3. The first-order valence-corrected chi connectivity index (χ1v) is 6.02. The van der Waals surface area contributed by atoms with E-state index < -0.39 is 0 Å². The van der Waals surface area contributed by atoms with Gasteiger partial charge >= 0.3 is 0 Å². The Kier molecular flexibility index (Phi) is 3.38. The number of H-pyrrole nitrogens is 1. The molecule has 5 nitrogen and oxygen atoms in total. The van der Waals surface area contributed by atoms with Crippen LogP contribution in [-0.2, 0) is 0 Å². The van der Waals surface area contributed by atoms with Crippen molar-refractivity contribution in [1.29, 1.82) is 0 Å². The SMILES string of the molecule is COc1ccc(-c2nc(N)c(C)c(=O)[nH]2)cc1Br. The number of nitrogen functional groups attached to an aromatic ring is 1. The molecule has 1 heterocycles. The van der Waals surface area contributed by atoms with Gasteiger partial charge in [-0.05, 0) is 41.1 Å². The van der Waals surface area contributed by atoms with E-state index in [9.17, 15) is 4.79 Å². The lowest BCUT2D eigenvalue weighted by Crippen LogP contribution is -2.15. The van der Waals surface area contributed by atoms with Crippen LogP contribution in [-0.4, -0.2) is 17.1 Å². The van der Waals surface area contributed by atoms with Crippen molar-refractivity contribution < 1.29 is 4.74 Å². The quantitative estimate of drug-likeness (QED) is 0.890. The Hall–Kier alpha value is -1.82. The summed E-state index contributed by atoms with van der Waals surface area (Å²) in [6.07, 6.45) is 0. The van der Waals surface area contributed by atoms with Crippen LogP contribution in [0.2, 0.25) is 0 Å². The zero-order valence-electron chi connectivity index (χ0n) is 9.95. The molecule has 3 N–H and O–H groups in total. The Labute approximate surface area is 112 Å². The summed E-state index contributed by atoms with van der Waals surface area (Å²) >= 11 is 3.38. The van der Waals surface area contributed by atoms with E-state index in [1.54, 1.807) is 26.2 Å². The number of benzene rings is 1. The molecule has 2 rings (SSSR count). The molecule has 6 heteroatoms. The van der Waals surface area contributed by atoms with Crippen LogP contribution in [0.25, 0.3) is 11.4 Å². The highest BCUT2D eigenvalue weighted by Gasteiger charge is 2.08. The summed E-state index contributed by atoms with van der Waals surface area (Å²) in [5, 5.41) is 0. The number of methoxy groups -OCH3 is 1. The van der Waals surface area contributed by atoms with Crippen LogP contribution in [0.1, 0.15) is 5.56 Å². The fourth-order valence-corrected chi connectivity index (χ4v) is 2.04. The number of halogens is 1. The van der Waals surface area contributed by atoms with E-state index in [0.29, 0.717) is 17.1 Å². The Morgan fingerprint density at radius 1 is 1.44 bits per heavy atom. The van der Waals surface area contributed by atoms with Crippen molar-refractivity contribution in [2.75, 3.05) is 12.8 Å². The van der Waals surface area contributed by atoms with E-state index >= 15 is 0 Å². The molecular formula is C12H12BrN3O2. The van der Waals surface area contributed by atoms with Crippen molar-refractivity contribution in [2.24, 2.45) is 0 Å². The topological polar surface area (TPSA) is 81.0 Å². The van der Waals surface area contributed by atoms with Gasteiger partial charge in [-0.2, -0.15) is 0 Å². The van der Waals surface area contributed by atoms with Crippen molar-refractivity contribution in [3.05, 3.63) is 38.6 Å². The molecular weight excluding hydrogens is 298 g/mol. The molecule has 0 atom stereocenters. The molecule has 1 aromatic carbocycles. The third kappa shape index (κ3) is 2.24. The summed E-state index contributed by atoms with van der Waals surface area (Å²) in [6, 6.07) is 5.40.